The van der Waals surface area contributed by atoms with E-state index in [0.717, 1.165) is 57.1 Å². The minimum absolute atomic E-state index is 0.239. The molecule has 0 unspecified atom stereocenters. The van der Waals surface area contributed by atoms with Crippen molar-refractivity contribution < 1.29 is 9.53 Å². The number of hydrogen-bond acceptors (Lipinski definition) is 4. The number of unbranched alkanes of at least 4 members (excludes halogenated alkanes) is 1. The Balaban J connectivity index is 1.71. The maximum absolute atomic E-state index is 11.5. The number of nitrogens with zero attached hydrogens (tertiary/aromatic N) is 4. The summed E-state index contributed by atoms with van der Waals surface area (Å²) in [6.45, 7) is 8.14. The molecule has 0 radical (unpaired) electrons. The summed E-state index contributed by atoms with van der Waals surface area (Å²) in [6, 6.07) is 0.335. The molecule has 0 aliphatic carbocycles. The summed E-state index contributed by atoms with van der Waals surface area (Å²) in [6.07, 6.45) is 7.54. The Morgan fingerprint density at radius 2 is 2.15 bits per heavy atom. The Bertz CT molecular complexity index is 578. The number of aromatic nitrogens is 2. The van der Waals surface area contributed by atoms with Crippen molar-refractivity contribution in [1.82, 2.24) is 25.1 Å². The van der Waals surface area contributed by atoms with Crippen LogP contribution in [-0.2, 0) is 11.3 Å². The first-order valence-corrected chi connectivity index (χ1v) is 9.49. The normalized spacial score (nSPS) is 15.8. The number of likely N-dealkylation sites (tertiary alicyclic amines) is 1. The molecular weight excluding hydrogens is 332 g/mol. The van der Waals surface area contributed by atoms with Crippen molar-refractivity contribution in [2.45, 2.75) is 52.1 Å². The maximum atomic E-state index is 11.5. The second kappa shape index (κ2) is 10.7. The molecule has 26 heavy (non-hydrogen) atoms. The van der Waals surface area contributed by atoms with Crippen molar-refractivity contribution in [2.24, 2.45) is 4.99 Å². The summed E-state index contributed by atoms with van der Waals surface area (Å²) in [5, 5.41) is 6.80. The van der Waals surface area contributed by atoms with Gasteiger partial charge in [-0.05, 0) is 39.5 Å². The van der Waals surface area contributed by atoms with Crippen LogP contribution >= 0.6 is 0 Å². The van der Waals surface area contributed by atoms with Gasteiger partial charge in [0.25, 0.3) is 0 Å². The van der Waals surface area contributed by atoms with E-state index in [2.05, 4.69) is 32.1 Å². The van der Waals surface area contributed by atoms with E-state index >= 15 is 0 Å². The molecule has 2 rings (SSSR count). The van der Waals surface area contributed by atoms with Crippen LogP contribution in [0.1, 0.15) is 38.4 Å². The quantitative estimate of drug-likeness (QED) is 0.438. The maximum Gasteiger partial charge on any atom is 0.409 e. The Hall–Kier alpha value is -2.25. The summed E-state index contributed by atoms with van der Waals surface area (Å²) in [5.41, 5.74) is 0. The molecule has 1 fully saturated rings. The summed E-state index contributed by atoms with van der Waals surface area (Å²) < 4.78 is 6.95. The van der Waals surface area contributed by atoms with Gasteiger partial charge in [-0.15, -0.1) is 0 Å². The predicted molar refractivity (Wildman–Crippen MR) is 102 cm³/mol. The number of rotatable bonds is 7. The molecule has 8 nitrogen and oxygen atoms in total. The summed E-state index contributed by atoms with van der Waals surface area (Å²) in [5.74, 6) is 1.92. The van der Waals surface area contributed by atoms with E-state index in [0.29, 0.717) is 19.1 Å². The first-order valence-electron chi connectivity index (χ1n) is 9.49. The van der Waals surface area contributed by atoms with Gasteiger partial charge in [0, 0.05) is 51.2 Å². The van der Waals surface area contributed by atoms with Crippen LogP contribution in [0.4, 0.5) is 4.79 Å². The number of carbonyl (C=O) groups excluding carboxylic acids is 1. The fourth-order valence-electron chi connectivity index (χ4n) is 3.07. The number of ether oxygens (including phenoxy) is 1. The molecule has 1 saturated heterocycles. The number of piperidine rings is 1. The summed E-state index contributed by atoms with van der Waals surface area (Å²) in [4.78, 5) is 22.2. The predicted octanol–water partition coefficient (Wildman–Crippen LogP) is 1.76. The smallest absolute Gasteiger partial charge is 0.409 e. The Labute approximate surface area is 156 Å². The summed E-state index contributed by atoms with van der Waals surface area (Å²) in [7, 11) is 1.43. The monoisotopic (exact) mass is 364 g/mol. The minimum atomic E-state index is -0.239. The zero-order valence-electron chi connectivity index (χ0n) is 16.2. The third-order valence-corrected chi connectivity index (χ3v) is 4.61. The van der Waals surface area contributed by atoms with Gasteiger partial charge in [0.15, 0.2) is 5.96 Å². The molecule has 2 heterocycles. The molecule has 146 valence electrons. The van der Waals surface area contributed by atoms with E-state index in [1.165, 1.54) is 7.11 Å². The van der Waals surface area contributed by atoms with Gasteiger partial charge in [-0.3, -0.25) is 4.99 Å². The van der Waals surface area contributed by atoms with E-state index in [9.17, 15) is 4.79 Å². The van der Waals surface area contributed by atoms with E-state index in [4.69, 9.17) is 4.74 Å². The number of nitrogens with one attached hydrogen (secondary N) is 2. The van der Waals surface area contributed by atoms with Crippen molar-refractivity contribution in [3.63, 3.8) is 0 Å². The Morgan fingerprint density at radius 1 is 1.38 bits per heavy atom. The molecule has 0 aromatic carbocycles. The number of methoxy groups -OCH3 is 1. The zero-order chi connectivity index (χ0) is 18.8. The first-order chi connectivity index (χ1) is 12.6. The number of carbonyl (C=O) groups is 1. The van der Waals surface area contributed by atoms with Crippen LogP contribution in [0.3, 0.4) is 0 Å². The van der Waals surface area contributed by atoms with Gasteiger partial charge in [0.05, 0.1) is 7.11 Å². The second-order valence-corrected chi connectivity index (χ2v) is 6.51. The van der Waals surface area contributed by atoms with Crippen LogP contribution < -0.4 is 10.6 Å². The number of amides is 1. The first kappa shape index (κ1) is 20.1. The van der Waals surface area contributed by atoms with Crippen LogP contribution in [0.15, 0.2) is 17.4 Å². The highest BCUT2D eigenvalue weighted by Gasteiger charge is 2.23. The van der Waals surface area contributed by atoms with Gasteiger partial charge < -0.3 is 24.8 Å². The lowest BCUT2D eigenvalue weighted by atomic mass is 10.1. The molecule has 1 aliphatic heterocycles. The van der Waals surface area contributed by atoms with Crippen LogP contribution in [-0.4, -0.2) is 65.8 Å². The molecule has 1 aromatic rings. The van der Waals surface area contributed by atoms with Crippen LogP contribution in [0.25, 0.3) is 0 Å². The largest absolute Gasteiger partial charge is 0.453 e. The average molecular weight is 364 g/mol. The zero-order valence-corrected chi connectivity index (χ0v) is 16.2. The number of aryl methyl sites for hydroxylation is 2. The van der Waals surface area contributed by atoms with Gasteiger partial charge in [-0.2, -0.15) is 0 Å². The third kappa shape index (κ3) is 6.24. The topological polar surface area (TPSA) is 83.8 Å². The van der Waals surface area contributed by atoms with Gasteiger partial charge >= 0.3 is 6.09 Å². The molecule has 1 amide bonds. The second-order valence-electron chi connectivity index (χ2n) is 6.51. The van der Waals surface area contributed by atoms with E-state index < -0.39 is 0 Å². The molecule has 0 saturated carbocycles. The van der Waals surface area contributed by atoms with Gasteiger partial charge in [-0.25, -0.2) is 9.78 Å². The molecule has 0 atom stereocenters. The van der Waals surface area contributed by atoms with Crippen LogP contribution in [0.5, 0.6) is 0 Å². The van der Waals surface area contributed by atoms with Gasteiger partial charge in [0.2, 0.25) is 0 Å². The van der Waals surface area contributed by atoms with E-state index in [1.54, 1.807) is 4.90 Å². The van der Waals surface area contributed by atoms with Gasteiger partial charge in [0.1, 0.15) is 5.82 Å². The number of imidazole rings is 1. The molecule has 0 spiro atoms. The Kier molecular flexibility index (Phi) is 8.24. The molecular formula is C18H32N6O2. The lowest BCUT2D eigenvalue weighted by Crippen LogP contribution is -2.49. The highest BCUT2D eigenvalue weighted by molar-refractivity contribution is 5.80. The molecule has 2 N–H and O–H groups in total. The van der Waals surface area contributed by atoms with Crippen LogP contribution in [0.2, 0.25) is 0 Å². The van der Waals surface area contributed by atoms with Crippen LogP contribution in [0, 0.1) is 6.92 Å². The van der Waals surface area contributed by atoms with E-state index in [-0.39, 0.29) is 6.09 Å². The van der Waals surface area contributed by atoms with Crippen molar-refractivity contribution in [1.29, 1.82) is 0 Å². The van der Waals surface area contributed by atoms with Crippen molar-refractivity contribution >= 4 is 12.1 Å². The standard InChI is InChI=1S/C18H32N6O2/c1-4-19-17(21-9-5-6-11-23-14-10-20-15(23)2)22-16-7-12-24(13-8-16)18(25)26-3/h10,14,16H,4-9,11-13H2,1-3H3,(H2,19,21,22). The van der Waals surface area contributed by atoms with Crippen molar-refractivity contribution in [3.8, 4) is 0 Å². The molecule has 1 aromatic heterocycles. The SMILES string of the molecule is CCNC(=NCCCCn1ccnc1C)NC1CCN(C(=O)OC)CC1. The highest BCUT2D eigenvalue weighted by Crippen LogP contribution is 2.11. The minimum Gasteiger partial charge on any atom is -0.453 e. The number of aliphatic imine (C=N–C) groups is 1. The highest BCUT2D eigenvalue weighted by atomic mass is 16.5. The summed E-state index contributed by atoms with van der Waals surface area (Å²) >= 11 is 0. The van der Waals surface area contributed by atoms with Crippen molar-refractivity contribution in [2.75, 3.05) is 33.3 Å². The van der Waals surface area contributed by atoms with E-state index in [1.807, 2.05) is 19.3 Å². The third-order valence-electron chi connectivity index (χ3n) is 4.61. The fourth-order valence-corrected chi connectivity index (χ4v) is 3.07. The molecule has 1 aliphatic rings. The Morgan fingerprint density at radius 3 is 2.77 bits per heavy atom. The molecule has 8 heteroatoms. The molecule has 0 bridgehead atoms. The number of guanidine groups is 1. The number of hydrogen-bond donors (Lipinski definition) is 2. The average Bonchev–Trinajstić information content (AvgIpc) is 3.06. The van der Waals surface area contributed by atoms with Gasteiger partial charge in [-0.1, -0.05) is 0 Å². The lowest BCUT2D eigenvalue weighted by molar-refractivity contribution is 0.111. The fraction of sp³-hybridized carbons (Fsp3) is 0.722. The lowest BCUT2D eigenvalue weighted by Gasteiger charge is -2.32. The van der Waals surface area contributed by atoms with Crippen molar-refractivity contribution in [3.05, 3.63) is 18.2 Å².